The second-order valence-electron chi connectivity index (χ2n) is 5.13. The standard InChI is InChI=1S/C17H19F2N/c1-12-3-5-13(6-4-12)9-15(20-2)10-14-7-8-16(18)17(19)11-14/h3-8,11,15,20H,9-10H2,1-2H3. The van der Waals surface area contributed by atoms with E-state index < -0.39 is 11.6 Å². The maximum Gasteiger partial charge on any atom is 0.159 e. The van der Waals surface area contributed by atoms with Gasteiger partial charge in [0.05, 0.1) is 0 Å². The van der Waals surface area contributed by atoms with E-state index in [0.717, 1.165) is 12.0 Å². The van der Waals surface area contributed by atoms with E-state index in [-0.39, 0.29) is 6.04 Å². The van der Waals surface area contributed by atoms with Crippen molar-refractivity contribution in [3.63, 3.8) is 0 Å². The molecule has 106 valence electrons. The molecule has 0 saturated carbocycles. The summed E-state index contributed by atoms with van der Waals surface area (Å²) in [6, 6.07) is 12.7. The van der Waals surface area contributed by atoms with Crippen LogP contribution in [0.4, 0.5) is 8.78 Å². The number of halogens is 2. The molecule has 2 aromatic carbocycles. The molecule has 0 aliphatic heterocycles. The molecule has 2 rings (SSSR count). The predicted molar refractivity (Wildman–Crippen MR) is 77.8 cm³/mol. The van der Waals surface area contributed by atoms with E-state index in [0.29, 0.717) is 6.42 Å². The second kappa shape index (κ2) is 6.62. The van der Waals surface area contributed by atoms with Crippen molar-refractivity contribution in [2.24, 2.45) is 0 Å². The number of rotatable bonds is 5. The monoisotopic (exact) mass is 275 g/mol. The molecule has 1 atom stereocenters. The molecule has 1 nitrogen and oxygen atoms in total. The molecule has 20 heavy (non-hydrogen) atoms. The van der Waals surface area contributed by atoms with Crippen molar-refractivity contribution in [2.75, 3.05) is 7.05 Å². The van der Waals surface area contributed by atoms with Crippen LogP contribution < -0.4 is 5.32 Å². The van der Waals surface area contributed by atoms with Gasteiger partial charge in [0, 0.05) is 6.04 Å². The fourth-order valence-electron chi connectivity index (χ4n) is 2.24. The third-order valence-electron chi connectivity index (χ3n) is 3.48. The lowest BCUT2D eigenvalue weighted by Crippen LogP contribution is -2.29. The Balaban J connectivity index is 2.04. The molecule has 0 heterocycles. The van der Waals surface area contributed by atoms with E-state index in [1.54, 1.807) is 6.07 Å². The minimum Gasteiger partial charge on any atom is -0.316 e. The number of likely N-dealkylation sites (N-methyl/N-ethyl adjacent to an activating group) is 1. The van der Waals surface area contributed by atoms with Crippen molar-refractivity contribution in [1.82, 2.24) is 5.32 Å². The first-order chi connectivity index (χ1) is 9.58. The Morgan fingerprint density at radius 1 is 0.900 bits per heavy atom. The van der Waals surface area contributed by atoms with Crippen molar-refractivity contribution in [3.8, 4) is 0 Å². The van der Waals surface area contributed by atoms with Crippen molar-refractivity contribution < 1.29 is 8.78 Å². The molecule has 1 unspecified atom stereocenters. The zero-order chi connectivity index (χ0) is 14.5. The predicted octanol–water partition coefficient (Wildman–Crippen LogP) is 3.65. The van der Waals surface area contributed by atoms with Crippen molar-refractivity contribution in [3.05, 3.63) is 70.8 Å². The summed E-state index contributed by atoms with van der Waals surface area (Å²) in [7, 11) is 1.89. The van der Waals surface area contributed by atoms with Gasteiger partial charge in [-0.25, -0.2) is 8.78 Å². The Labute approximate surface area is 118 Å². The largest absolute Gasteiger partial charge is 0.316 e. The quantitative estimate of drug-likeness (QED) is 0.878. The maximum absolute atomic E-state index is 13.2. The van der Waals surface area contributed by atoms with Crippen LogP contribution in [0.3, 0.4) is 0 Å². The summed E-state index contributed by atoms with van der Waals surface area (Å²) in [4.78, 5) is 0. The van der Waals surface area contributed by atoms with Gasteiger partial charge in [-0.15, -0.1) is 0 Å². The Hall–Kier alpha value is -1.74. The van der Waals surface area contributed by atoms with E-state index in [9.17, 15) is 8.78 Å². The lowest BCUT2D eigenvalue weighted by molar-refractivity contribution is 0.503. The van der Waals surface area contributed by atoms with Crippen LogP contribution in [0.25, 0.3) is 0 Å². The maximum atomic E-state index is 13.2. The molecule has 3 heteroatoms. The molecule has 0 amide bonds. The molecule has 0 aliphatic rings. The molecule has 1 N–H and O–H groups in total. The van der Waals surface area contributed by atoms with Gasteiger partial charge in [-0.3, -0.25) is 0 Å². The average molecular weight is 275 g/mol. The molecule has 2 aromatic rings. The fourth-order valence-corrected chi connectivity index (χ4v) is 2.24. The second-order valence-corrected chi connectivity index (χ2v) is 5.13. The SMILES string of the molecule is CNC(Cc1ccc(C)cc1)Cc1ccc(F)c(F)c1. The summed E-state index contributed by atoms with van der Waals surface area (Å²) < 4.78 is 26.1. The van der Waals surface area contributed by atoms with Crippen molar-refractivity contribution in [2.45, 2.75) is 25.8 Å². The van der Waals surface area contributed by atoms with Gasteiger partial charge in [-0.1, -0.05) is 35.9 Å². The zero-order valence-corrected chi connectivity index (χ0v) is 11.8. The highest BCUT2D eigenvalue weighted by Gasteiger charge is 2.10. The third-order valence-corrected chi connectivity index (χ3v) is 3.48. The summed E-state index contributed by atoms with van der Waals surface area (Å²) in [6.45, 7) is 2.06. The molecular weight excluding hydrogens is 256 g/mol. The van der Waals surface area contributed by atoms with Crippen LogP contribution in [0.2, 0.25) is 0 Å². The van der Waals surface area contributed by atoms with E-state index in [1.807, 2.05) is 7.05 Å². The van der Waals surface area contributed by atoms with Gasteiger partial charge in [-0.05, 0) is 50.1 Å². The van der Waals surface area contributed by atoms with Gasteiger partial charge in [-0.2, -0.15) is 0 Å². The van der Waals surface area contributed by atoms with E-state index in [4.69, 9.17) is 0 Å². The number of nitrogens with one attached hydrogen (secondary N) is 1. The average Bonchev–Trinajstić information content (AvgIpc) is 2.44. The smallest absolute Gasteiger partial charge is 0.159 e. The van der Waals surface area contributed by atoms with Gasteiger partial charge in [0.25, 0.3) is 0 Å². The topological polar surface area (TPSA) is 12.0 Å². The van der Waals surface area contributed by atoms with Crippen LogP contribution in [-0.2, 0) is 12.8 Å². The van der Waals surface area contributed by atoms with Crippen LogP contribution in [0.5, 0.6) is 0 Å². The van der Waals surface area contributed by atoms with Crippen LogP contribution in [-0.4, -0.2) is 13.1 Å². The highest BCUT2D eigenvalue weighted by Crippen LogP contribution is 2.13. The van der Waals surface area contributed by atoms with Crippen LogP contribution >= 0.6 is 0 Å². The molecule has 0 bridgehead atoms. The summed E-state index contributed by atoms with van der Waals surface area (Å²) in [6.07, 6.45) is 1.53. The Bertz CT molecular complexity index is 564. The molecular formula is C17H19F2N. The van der Waals surface area contributed by atoms with E-state index in [1.165, 1.54) is 23.3 Å². The third kappa shape index (κ3) is 3.87. The lowest BCUT2D eigenvalue weighted by atomic mass is 9.98. The van der Waals surface area contributed by atoms with Gasteiger partial charge in [0.2, 0.25) is 0 Å². The Morgan fingerprint density at radius 2 is 1.50 bits per heavy atom. The van der Waals surface area contributed by atoms with Gasteiger partial charge < -0.3 is 5.32 Å². The highest BCUT2D eigenvalue weighted by atomic mass is 19.2. The minimum atomic E-state index is -0.798. The number of aryl methyl sites for hydroxylation is 1. The molecule has 0 saturated heterocycles. The first-order valence-electron chi connectivity index (χ1n) is 6.75. The molecule has 0 radical (unpaired) electrons. The normalized spacial score (nSPS) is 12.4. The number of hydrogen-bond acceptors (Lipinski definition) is 1. The van der Waals surface area contributed by atoms with Crippen LogP contribution in [0.15, 0.2) is 42.5 Å². The summed E-state index contributed by atoms with van der Waals surface area (Å²) in [5, 5.41) is 3.23. The first kappa shape index (κ1) is 14.7. The molecule has 0 aliphatic carbocycles. The summed E-state index contributed by atoms with van der Waals surface area (Å²) in [5.74, 6) is -1.58. The van der Waals surface area contributed by atoms with Gasteiger partial charge in [0.15, 0.2) is 11.6 Å². The Morgan fingerprint density at radius 3 is 2.10 bits per heavy atom. The van der Waals surface area contributed by atoms with Gasteiger partial charge in [0.1, 0.15) is 0 Å². The number of hydrogen-bond donors (Lipinski definition) is 1. The van der Waals surface area contributed by atoms with Gasteiger partial charge >= 0.3 is 0 Å². The minimum absolute atomic E-state index is 0.197. The molecule has 0 aromatic heterocycles. The first-order valence-corrected chi connectivity index (χ1v) is 6.75. The molecule has 0 spiro atoms. The van der Waals surface area contributed by atoms with E-state index in [2.05, 4.69) is 36.5 Å². The van der Waals surface area contributed by atoms with Crippen molar-refractivity contribution in [1.29, 1.82) is 0 Å². The lowest BCUT2D eigenvalue weighted by Gasteiger charge is -2.16. The fraction of sp³-hybridized carbons (Fsp3) is 0.294. The van der Waals surface area contributed by atoms with Crippen LogP contribution in [0, 0.1) is 18.6 Å². The van der Waals surface area contributed by atoms with Crippen molar-refractivity contribution >= 4 is 0 Å². The highest BCUT2D eigenvalue weighted by molar-refractivity contribution is 5.23. The molecule has 0 fully saturated rings. The zero-order valence-electron chi connectivity index (χ0n) is 11.8. The van der Waals surface area contributed by atoms with E-state index >= 15 is 0 Å². The summed E-state index contributed by atoms with van der Waals surface area (Å²) in [5.41, 5.74) is 3.27. The Kier molecular flexibility index (Phi) is 4.85. The van der Waals surface area contributed by atoms with Crippen LogP contribution in [0.1, 0.15) is 16.7 Å². The number of benzene rings is 2. The summed E-state index contributed by atoms with van der Waals surface area (Å²) >= 11 is 0.